The van der Waals surface area contributed by atoms with E-state index < -0.39 is 0 Å². The molecule has 0 fully saturated rings. The highest BCUT2D eigenvalue weighted by atomic mass is 32.1. The lowest BCUT2D eigenvalue weighted by Gasteiger charge is -2.12. The zero-order chi connectivity index (χ0) is 20.1. The van der Waals surface area contributed by atoms with E-state index in [1.165, 1.54) is 0 Å². The zero-order valence-electron chi connectivity index (χ0n) is 15.7. The van der Waals surface area contributed by atoms with Crippen LogP contribution in [0.2, 0.25) is 0 Å². The number of nitrogens with zero attached hydrogens (tertiary/aromatic N) is 1. The molecule has 8 heteroatoms. The van der Waals surface area contributed by atoms with Crippen LogP contribution < -0.4 is 29.6 Å². The van der Waals surface area contributed by atoms with Crippen LogP contribution in [0.1, 0.15) is 5.56 Å². The van der Waals surface area contributed by atoms with Crippen LogP contribution in [0.25, 0.3) is 0 Å². The van der Waals surface area contributed by atoms with Gasteiger partial charge in [-0.25, -0.2) is 4.98 Å². The first-order chi connectivity index (χ1) is 14.2. The average Bonchev–Trinajstić information content (AvgIpc) is 3.22. The van der Waals surface area contributed by atoms with Crippen LogP contribution in [0, 0.1) is 0 Å². The Morgan fingerprint density at radius 2 is 1.90 bits per heavy atom. The number of anilines is 1. The van der Waals surface area contributed by atoms with Gasteiger partial charge in [-0.1, -0.05) is 18.2 Å². The number of pyridine rings is 1. The quantitative estimate of drug-likeness (QED) is 0.590. The van der Waals surface area contributed by atoms with E-state index in [-0.39, 0.29) is 6.79 Å². The summed E-state index contributed by atoms with van der Waals surface area (Å²) < 4.78 is 21.7. The summed E-state index contributed by atoms with van der Waals surface area (Å²) in [5, 5.41) is 6.75. The maximum Gasteiger partial charge on any atom is 0.231 e. The van der Waals surface area contributed by atoms with E-state index >= 15 is 0 Å². The molecule has 0 saturated heterocycles. The molecule has 0 radical (unpaired) electrons. The first-order valence-corrected chi connectivity index (χ1v) is 9.32. The highest BCUT2D eigenvalue weighted by Gasteiger charge is 2.13. The van der Waals surface area contributed by atoms with Gasteiger partial charge in [-0.15, -0.1) is 0 Å². The minimum absolute atomic E-state index is 0.260. The predicted octanol–water partition coefficient (Wildman–Crippen LogP) is 4.10. The minimum Gasteiger partial charge on any atom is -0.493 e. The predicted molar refractivity (Wildman–Crippen MR) is 113 cm³/mol. The minimum atomic E-state index is 0.260. The molecular weight excluding hydrogens is 390 g/mol. The van der Waals surface area contributed by atoms with Gasteiger partial charge in [0.2, 0.25) is 12.7 Å². The number of benzene rings is 2. The summed E-state index contributed by atoms with van der Waals surface area (Å²) in [5.41, 5.74) is 1.79. The Kier molecular flexibility index (Phi) is 5.62. The van der Waals surface area contributed by atoms with Crippen LogP contribution in [0.5, 0.6) is 28.9 Å². The molecule has 1 aliphatic heterocycles. The molecule has 1 aliphatic rings. The van der Waals surface area contributed by atoms with Crippen molar-refractivity contribution in [3.05, 3.63) is 66.4 Å². The molecule has 3 aromatic rings. The smallest absolute Gasteiger partial charge is 0.231 e. The second-order valence-corrected chi connectivity index (χ2v) is 6.54. The highest BCUT2D eigenvalue weighted by Crippen LogP contribution is 2.32. The number of para-hydroxylation sites is 2. The van der Waals surface area contributed by atoms with Crippen LogP contribution in [0.3, 0.4) is 0 Å². The van der Waals surface area contributed by atoms with E-state index in [4.69, 9.17) is 31.2 Å². The number of rotatable bonds is 6. The van der Waals surface area contributed by atoms with E-state index in [0.717, 1.165) is 22.7 Å². The van der Waals surface area contributed by atoms with Crippen LogP contribution in [0.15, 0.2) is 60.8 Å². The standard InChI is InChI=1S/C21H19N3O4S/c1-25-16-4-2-3-5-18(16)28-20-9-7-15(12-22-20)24-21(29)23-11-14-6-8-17-19(10-14)27-13-26-17/h2-10,12H,11,13H2,1H3,(H2,23,24,29). The Bertz CT molecular complexity index is 1010. The number of ether oxygens (including phenoxy) is 4. The molecular formula is C21H19N3O4S. The maximum atomic E-state index is 5.77. The summed E-state index contributed by atoms with van der Waals surface area (Å²) in [6, 6.07) is 16.8. The van der Waals surface area contributed by atoms with Gasteiger partial charge in [0, 0.05) is 12.6 Å². The molecule has 148 valence electrons. The van der Waals surface area contributed by atoms with Crippen molar-refractivity contribution in [2.75, 3.05) is 19.2 Å². The summed E-state index contributed by atoms with van der Waals surface area (Å²) in [6.45, 7) is 0.820. The summed E-state index contributed by atoms with van der Waals surface area (Å²) >= 11 is 5.35. The fourth-order valence-corrected chi connectivity index (χ4v) is 2.93. The van der Waals surface area contributed by atoms with Gasteiger partial charge in [0.1, 0.15) is 0 Å². The van der Waals surface area contributed by atoms with E-state index in [0.29, 0.717) is 29.0 Å². The van der Waals surface area contributed by atoms with Crippen molar-refractivity contribution in [3.8, 4) is 28.9 Å². The second kappa shape index (κ2) is 8.66. The number of hydrogen-bond donors (Lipinski definition) is 2. The fraction of sp³-hybridized carbons (Fsp3) is 0.143. The summed E-state index contributed by atoms with van der Waals surface area (Å²) in [5.74, 6) is 3.21. The SMILES string of the molecule is COc1ccccc1Oc1ccc(NC(=S)NCc2ccc3c(c2)OCO3)cn1. The molecule has 0 aliphatic carbocycles. The third-order valence-corrected chi connectivity index (χ3v) is 4.41. The Hall–Kier alpha value is -3.52. The topological polar surface area (TPSA) is 73.9 Å². The van der Waals surface area contributed by atoms with Gasteiger partial charge in [0.25, 0.3) is 0 Å². The average molecular weight is 409 g/mol. The van der Waals surface area contributed by atoms with Gasteiger partial charge in [-0.3, -0.25) is 0 Å². The molecule has 2 aromatic carbocycles. The number of nitrogens with one attached hydrogen (secondary N) is 2. The fourth-order valence-electron chi connectivity index (χ4n) is 2.74. The largest absolute Gasteiger partial charge is 0.493 e. The first-order valence-electron chi connectivity index (χ1n) is 8.91. The third-order valence-electron chi connectivity index (χ3n) is 4.17. The van der Waals surface area contributed by atoms with Gasteiger partial charge < -0.3 is 29.6 Å². The number of methoxy groups -OCH3 is 1. The van der Waals surface area contributed by atoms with Crippen molar-refractivity contribution < 1.29 is 18.9 Å². The van der Waals surface area contributed by atoms with Gasteiger partial charge in [-0.05, 0) is 48.1 Å². The van der Waals surface area contributed by atoms with E-state index in [1.807, 2.05) is 48.5 Å². The third kappa shape index (κ3) is 4.67. The molecule has 4 rings (SSSR count). The van der Waals surface area contributed by atoms with Crippen molar-refractivity contribution in [1.29, 1.82) is 0 Å². The lowest BCUT2D eigenvalue weighted by Crippen LogP contribution is -2.27. The molecule has 0 unspecified atom stereocenters. The van der Waals surface area contributed by atoms with Crippen LogP contribution in [-0.2, 0) is 6.54 Å². The molecule has 0 atom stereocenters. The molecule has 0 spiro atoms. The maximum absolute atomic E-state index is 5.77. The molecule has 0 saturated carbocycles. The lowest BCUT2D eigenvalue weighted by molar-refractivity contribution is 0.174. The first kappa shape index (κ1) is 18.8. The molecule has 1 aromatic heterocycles. The van der Waals surface area contributed by atoms with Gasteiger partial charge in [0.05, 0.1) is 19.0 Å². The Morgan fingerprint density at radius 3 is 2.69 bits per heavy atom. The Morgan fingerprint density at radius 1 is 1.07 bits per heavy atom. The van der Waals surface area contributed by atoms with E-state index in [9.17, 15) is 0 Å². The lowest BCUT2D eigenvalue weighted by atomic mass is 10.2. The van der Waals surface area contributed by atoms with E-state index in [1.54, 1.807) is 19.4 Å². The van der Waals surface area contributed by atoms with Crippen molar-refractivity contribution in [2.45, 2.75) is 6.54 Å². The van der Waals surface area contributed by atoms with Gasteiger partial charge in [-0.2, -0.15) is 0 Å². The van der Waals surface area contributed by atoms with Crippen LogP contribution >= 0.6 is 12.2 Å². The van der Waals surface area contributed by atoms with Crippen LogP contribution in [0.4, 0.5) is 5.69 Å². The number of aromatic nitrogens is 1. The molecule has 0 bridgehead atoms. The van der Waals surface area contributed by atoms with Crippen LogP contribution in [-0.4, -0.2) is 24.0 Å². The molecule has 7 nitrogen and oxygen atoms in total. The van der Waals surface area contributed by atoms with Gasteiger partial charge in [0.15, 0.2) is 28.1 Å². The molecule has 2 N–H and O–H groups in total. The van der Waals surface area contributed by atoms with Crippen molar-refractivity contribution in [3.63, 3.8) is 0 Å². The van der Waals surface area contributed by atoms with E-state index in [2.05, 4.69) is 15.6 Å². The second-order valence-electron chi connectivity index (χ2n) is 6.13. The van der Waals surface area contributed by atoms with Crippen molar-refractivity contribution >= 4 is 23.0 Å². The van der Waals surface area contributed by atoms with Crippen molar-refractivity contribution in [2.24, 2.45) is 0 Å². The molecule has 29 heavy (non-hydrogen) atoms. The Labute approximate surface area is 173 Å². The monoisotopic (exact) mass is 409 g/mol. The number of fused-ring (bicyclic) bond motifs is 1. The summed E-state index contributed by atoms with van der Waals surface area (Å²) in [4.78, 5) is 4.30. The van der Waals surface area contributed by atoms with Crippen molar-refractivity contribution in [1.82, 2.24) is 10.3 Å². The molecule has 0 amide bonds. The number of thiocarbonyl (C=S) groups is 1. The normalized spacial score (nSPS) is 11.6. The highest BCUT2D eigenvalue weighted by molar-refractivity contribution is 7.80. The number of hydrogen-bond acceptors (Lipinski definition) is 6. The molecule has 2 heterocycles. The van der Waals surface area contributed by atoms with Gasteiger partial charge >= 0.3 is 0 Å². The summed E-state index contributed by atoms with van der Waals surface area (Å²) in [6.07, 6.45) is 1.65. The Balaban J connectivity index is 1.31. The summed E-state index contributed by atoms with van der Waals surface area (Å²) in [7, 11) is 1.60. The zero-order valence-corrected chi connectivity index (χ0v) is 16.5.